The van der Waals surface area contributed by atoms with Crippen molar-refractivity contribution in [2.24, 2.45) is 0 Å². The number of aromatic nitrogens is 2. The molecule has 25 heavy (non-hydrogen) atoms. The highest BCUT2D eigenvalue weighted by Crippen LogP contribution is 2.25. The van der Waals surface area contributed by atoms with E-state index in [2.05, 4.69) is 32.1 Å². The van der Waals surface area contributed by atoms with Crippen LogP contribution in [-0.2, 0) is 0 Å². The zero-order valence-electron chi connectivity index (χ0n) is 13.8. The molecule has 0 atom stereocenters. The van der Waals surface area contributed by atoms with Crippen LogP contribution in [0.5, 0.6) is 0 Å². The third kappa shape index (κ3) is 3.92. The van der Waals surface area contributed by atoms with Crippen LogP contribution in [0.4, 0.5) is 11.4 Å². The lowest BCUT2D eigenvalue weighted by Crippen LogP contribution is -2.44. The first-order chi connectivity index (χ1) is 12.0. The third-order valence-corrected chi connectivity index (χ3v) is 4.13. The highest BCUT2D eigenvalue weighted by molar-refractivity contribution is 6.04. The normalized spacial score (nSPS) is 15.0. The van der Waals surface area contributed by atoms with E-state index in [0.717, 1.165) is 31.9 Å². The maximum Gasteiger partial charge on any atom is 0.337 e. The number of anilines is 2. The van der Waals surface area contributed by atoms with Gasteiger partial charge in [-0.25, -0.2) is 4.79 Å². The van der Waals surface area contributed by atoms with E-state index in [0.29, 0.717) is 5.69 Å². The second kappa shape index (κ2) is 7.27. The molecule has 130 valence electrons. The Morgan fingerprint density at radius 1 is 1.12 bits per heavy atom. The molecular weight excluding hydrogens is 322 g/mol. The summed E-state index contributed by atoms with van der Waals surface area (Å²) in [6.07, 6.45) is 4.47. The number of nitrogens with zero attached hydrogens (tertiary/aromatic N) is 4. The van der Waals surface area contributed by atoms with Gasteiger partial charge < -0.3 is 20.2 Å². The van der Waals surface area contributed by atoms with Crippen molar-refractivity contribution in [1.82, 2.24) is 14.9 Å². The highest BCUT2D eigenvalue weighted by atomic mass is 16.4. The molecule has 3 heterocycles. The van der Waals surface area contributed by atoms with Gasteiger partial charge in [0.1, 0.15) is 5.69 Å². The predicted molar refractivity (Wildman–Crippen MR) is 93.1 cm³/mol. The lowest BCUT2D eigenvalue weighted by molar-refractivity contribution is 0.0696. The van der Waals surface area contributed by atoms with E-state index >= 15 is 0 Å². The average molecular weight is 341 g/mol. The summed E-state index contributed by atoms with van der Waals surface area (Å²) >= 11 is 0. The largest absolute Gasteiger partial charge is 0.478 e. The van der Waals surface area contributed by atoms with Crippen molar-refractivity contribution in [2.45, 2.75) is 0 Å². The summed E-state index contributed by atoms with van der Waals surface area (Å²) in [6, 6.07) is 4.63. The molecule has 0 saturated carbocycles. The maximum atomic E-state index is 12.4. The molecule has 8 nitrogen and oxygen atoms in total. The fraction of sp³-hybridized carbons (Fsp3) is 0.294. The van der Waals surface area contributed by atoms with Gasteiger partial charge in [0, 0.05) is 38.6 Å². The molecule has 0 radical (unpaired) electrons. The number of carboxylic acids is 1. The Bertz CT molecular complexity index is 770. The lowest BCUT2D eigenvalue weighted by atomic mass is 10.2. The van der Waals surface area contributed by atoms with E-state index in [1.807, 2.05) is 6.07 Å². The van der Waals surface area contributed by atoms with Crippen LogP contribution >= 0.6 is 0 Å². The molecule has 1 fully saturated rings. The minimum Gasteiger partial charge on any atom is -0.478 e. The van der Waals surface area contributed by atoms with Crippen molar-refractivity contribution in [2.75, 3.05) is 43.4 Å². The Balaban J connectivity index is 1.76. The van der Waals surface area contributed by atoms with Gasteiger partial charge in [0.2, 0.25) is 0 Å². The van der Waals surface area contributed by atoms with Crippen molar-refractivity contribution in [1.29, 1.82) is 0 Å². The Kier molecular flexibility index (Phi) is 4.90. The van der Waals surface area contributed by atoms with E-state index in [1.54, 1.807) is 12.4 Å². The van der Waals surface area contributed by atoms with E-state index in [1.165, 1.54) is 18.3 Å². The lowest BCUT2D eigenvalue weighted by Gasteiger charge is -2.34. The molecule has 0 spiro atoms. The van der Waals surface area contributed by atoms with Crippen LogP contribution in [0.25, 0.3) is 0 Å². The minimum absolute atomic E-state index is 0.0380. The van der Waals surface area contributed by atoms with E-state index < -0.39 is 11.9 Å². The first-order valence-electron chi connectivity index (χ1n) is 7.93. The van der Waals surface area contributed by atoms with Crippen LogP contribution in [0.2, 0.25) is 0 Å². The van der Waals surface area contributed by atoms with Crippen molar-refractivity contribution >= 4 is 23.3 Å². The number of piperazine rings is 1. The smallest absolute Gasteiger partial charge is 0.337 e. The Morgan fingerprint density at radius 3 is 2.52 bits per heavy atom. The first-order valence-corrected chi connectivity index (χ1v) is 7.93. The van der Waals surface area contributed by atoms with E-state index in [9.17, 15) is 9.59 Å². The average Bonchev–Trinajstić information content (AvgIpc) is 2.63. The van der Waals surface area contributed by atoms with Crippen molar-refractivity contribution in [3.05, 3.63) is 48.0 Å². The third-order valence-electron chi connectivity index (χ3n) is 4.13. The summed E-state index contributed by atoms with van der Waals surface area (Å²) in [5.41, 5.74) is 1.72. The van der Waals surface area contributed by atoms with Gasteiger partial charge in [-0.05, 0) is 25.2 Å². The van der Waals surface area contributed by atoms with Crippen LogP contribution in [-0.4, -0.2) is 65.1 Å². The zero-order chi connectivity index (χ0) is 17.8. The molecule has 2 aromatic heterocycles. The Hall–Kier alpha value is -3.00. The summed E-state index contributed by atoms with van der Waals surface area (Å²) < 4.78 is 0. The predicted octanol–water partition coefficient (Wildman–Crippen LogP) is 1.18. The van der Waals surface area contributed by atoms with Gasteiger partial charge in [0.05, 0.1) is 23.1 Å². The molecule has 1 amide bonds. The number of amides is 1. The molecule has 0 unspecified atom stereocenters. The van der Waals surface area contributed by atoms with Crippen LogP contribution in [0, 0.1) is 0 Å². The molecule has 1 aliphatic rings. The number of carbonyl (C=O) groups excluding carboxylic acids is 1. The number of carbonyl (C=O) groups is 2. The molecule has 0 bridgehead atoms. The van der Waals surface area contributed by atoms with Crippen LogP contribution in [0.15, 0.2) is 36.8 Å². The molecule has 2 aromatic rings. The monoisotopic (exact) mass is 341 g/mol. The summed E-state index contributed by atoms with van der Waals surface area (Å²) in [5.74, 6) is -1.48. The molecule has 0 aliphatic carbocycles. The zero-order valence-corrected chi connectivity index (χ0v) is 13.8. The number of nitrogens with one attached hydrogen (secondary N) is 1. The number of likely N-dealkylation sites (N-methyl/N-ethyl adjacent to an activating group) is 1. The second-order valence-corrected chi connectivity index (χ2v) is 5.87. The standard InChI is InChI=1S/C17H19N5O3/c1-21-6-8-22(9-7-21)15-4-5-18-11-14(15)20-16(23)13-3-2-12(10-19-13)17(24)25/h2-5,10-11H,6-9H2,1H3,(H,20,23)(H,24,25). The molecular formula is C17H19N5O3. The quantitative estimate of drug-likeness (QED) is 0.861. The van der Waals surface area contributed by atoms with E-state index in [-0.39, 0.29) is 11.3 Å². The van der Waals surface area contributed by atoms with Crippen molar-refractivity contribution in [3.63, 3.8) is 0 Å². The van der Waals surface area contributed by atoms with Crippen LogP contribution in [0.1, 0.15) is 20.8 Å². The Labute approximate surface area is 145 Å². The Morgan fingerprint density at radius 2 is 1.88 bits per heavy atom. The van der Waals surface area contributed by atoms with Gasteiger partial charge in [-0.15, -0.1) is 0 Å². The summed E-state index contributed by atoms with van der Waals surface area (Å²) in [5, 5.41) is 11.7. The number of hydrogen-bond acceptors (Lipinski definition) is 6. The molecule has 2 N–H and O–H groups in total. The maximum absolute atomic E-state index is 12.4. The van der Waals surface area contributed by atoms with Gasteiger partial charge in [0.15, 0.2) is 0 Å². The molecule has 1 saturated heterocycles. The van der Waals surface area contributed by atoms with Crippen LogP contribution in [0.3, 0.4) is 0 Å². The molecule has 8 heteroatoms. The number of rotatable bonds is 4. The highest BCUT2D eigenvalue weighted by Gasteiger charge is 2.19. The van der Waals surface area contributed by atoms with E-state index in [4.69, 9.17) is 5.11 Å². The fourth-order valence-corrected chi connectivity index (χ4v) is 2.65. The molecule has 3 rings (SSSR count). The number of carboxylic acid groups (broad SMARTS) is 1. The summed E-state index contributed by atoms with van der Waals surface area (Å²) in [6.45, 7) is 3.64. The summed E-state index contributed by atoms with van der Waals surface area (Å²) in [4.78, 5) is 35.7. The van der Waals surface area contributed by atoms with Gasteiger partial charge in [0.25, 0.3) is 5.91 Å². The SMILES string of the molecule is CN1CCN(c2ccncc2NC(=O)c2ccc(C(=O)O)cn2)CC1. The second-order valence-electron chi connectivity index (χ2n) is 5.87. The number of aromatic carboxylic acids is 1. The fourth-order valence-electron chi connectivity index (χ4n) is 2.65. The number of pyridine rings is 2. The molecule has 1 aliphatic heterocycles. The van der Waals surface area contributed by atoms with Gasteiger partial charge >= 0.3 is 5.97 Å². The van der Waals surface area contributed by atoms with Gasteiger partial charge in [-0.3, -0.25) is 14.8 Å². The topological polar surface area (TPSA) is 98.7 Å². The van der Waals surface area contributed by atoms with Crippen molar-refractivity contribution < 1.29 is 14.7 Å². The molecule has 0 aromatic carbocycles. The first kappa shape index (κ1) is 16.8. The van der Waals surface area contributed by atoms with Gasteiger partial charge in [-0.2, -0.15) is 0 Å². The van der Waals surface area contributed by atoms with Crippen molar-refractivity contribution in [3.8, 4) is 0 Å². The summed E-state index contributed by atoms with van der Waals surface area (Å²) in [7, 11) is 2.08. The van der Waals surface area contributed by atoms with Crippen LogP contribution < -0.4 is 10.2 Å². The number of hydrogen-bond donors (Lipinski definition) is 2. The van der Waals surface area contributed by atoms with Gasteiger partial charge in [-0.1, -0.05) is 0 Å². The minimum atomic E-state index is -1.08.